The Morgan fingerprint density at radius 1 is 1.00 bits per heavy atom. The highest BCUT2D eigenvalue weighted by Crippen LogP contribution is 2.35. The molecule has 1 aromatic heterocycles. The average molecular weight is 799 g/mol. The van der Waals surface area contributed by atoms with Crippen molar-refractivity contribution in [2.24, 2.45) is 5.73 Å². The third-order valence-electron chi connectivity index (χ3n) is 8.59. The minimum Gasteiger partial charge on any atom is -0.443 e. The molecule has 2 atom stereocenters. The van der Waals surface area contributed by atoms with E-state index in [-0.39, 0.29) is 24.2 Å². The minimum atomic E-state index is -1.16. The summed E-state index contributed by atoms with van der Waals surface area (Å²) in [5.41, 5.74) is 9.19. The number of hydrogen-bond acceptors (Lipinski definition) is 10. The van der Waals surface area contributed by atoms with Crippen molar-refractivity contribution >= 4 is 70.1 Å². The van der Waals surface area contributed by atoms with Gasteiger partial charge < -0.3 is 15.2 Å². The molecule has 1 saturated heterocycles. The van der Waals surface area contributed by atoms with Crippen molar-refractivity contribution in [1.29, 1.82) is 0 Å². The molecule has 1 fully saturated rings. The van der Waals surface area contributed by atoms with Crippen LogP contribution in [0.2, 0.25) is 10.0 Å². The molecule has 4 aromatic rings. The molecule has 3 aromatic carbocycles. The standard InChI is InChI=1S/C39H45Cl2N5O5S2/c1-25(50-23-27-10-7-6-8-11-27)35(42)36(48)45(38(49)51-39(3,4)5)31-13-9-12-29(21-31)34-24-52-37(43-34)53-46(26(2)47)30-16-18-44(19-17-30)22-28-14-15-32(40)33(41)20-28/h6-15,20-21,24-25,30,35H,16-19,22-23,42H2,1-5H3/t25-,35+/m1/s1. The second-order valence-corrected chi connectivity index (χ2v) is 16.8. The number of halogens is 2. The highest BCUT2D eigenvalue weighted by molar-refractivity contribution is 7.99. The Bertz CT molecular complexity index is 1880. The van der Waals surface area contributed by atoms with E-state index in [1.807, 2.05) is 64.3 Å². The van der Waals surface area contributed by atoms with Crippen LogP contribution in [0.1, 0.15) is 58.6 Å². The van der Waals surface area contributed by atoms with Crippen molar-refractivity contribution in [3.8, 4) is 11.3 Å². The topological polar surface area (TPSA) is 118 Å². The zero-order valence-electron chi connectivity index (χ0n) is 30.5. The molecule has 53 heavy (non-hydrogen) atoms. The van der Waals surface area contributed by atoms with Crippen molar-refractivity contribution in [3.63, 3.8) is 0 Å². The molecule has 5 rings (SSSR count). The van der Waals surface area contributed by atoms with Gasteiger partial charge in [0.2, 0.25) is 5.91 Å². The lowest BCUT2D eigenvalue weighted by atomic mass is 10.0. The number of aromatic nitrogens is 1. The average Bonchev–Trinajstić information content (AvgIpc) is 3.60. The first kappa shape index (κ1) is 40.7. The summed E-state index contributed by atoms with van der Waals surface area (Å²) in [5, 5.41) is 2.97. The second kappa shape index (κ2) is 18.2. The number of likely N-dealkylation sites (tertiary alicyclic amines) is 1. The van der Waals surface area contributed by atoms with E-state index < -0.39 is 29.7 Å². The van der Waals surface area contributed by atoms with Gasteiger partial charge in [-0.3, -0.25) is 18.8 Å². The lowest BCUT2D eigenvalue weighted by Crippen LogP contribution is -2.53. The summed E-state index contributed by atoms with van der Waals surface area (Å²) in [6.07, 6.45) is 0.0922. The van der Waals surface area contributed by atoms with Gasteiger partial charge >= 0.3 is 6.09 Å². The molecule has 14 heteroatoms. The normalized spacial score (nSPS) is 15.1. The van der Waals surface area contributed by atoms with Gasteiger partial charge in [0.25, 0.3) is 5.91 Å². The molecule has 282 valence electrons. The van der Waals surface area contributed by atoms with Crippen LogP contribution >= 0.6 is 46.5 Å². The molecular formula is C39H45Cl2N5O5S2. The maximum atomic E-state index is 13.9. The molecule has 0 spiro atoms. The van der Waals surface area contributed by atoms with Crippen molar-refractivity contribution in [2.45, 2.75) is 88.7 Å². The first-order valence-corrected chi connectivity index (χ1v) is 19.8. The van der Waals surface area contributed by atoms with Gasteiger partial charge in [-0.25, -0.2) is 14.7 Å². The number of imide groups is 1. The highest BCUT2D eigenvalue weighted by Gasteiger charge is 2.35. The monoisotopic (exact) mass is 797 g/mol. The van der Waals surface area contributed by atoms with Crippen molar-refractivity contribution < 1.29 is 23.9 Å². The van der Waals surface area contributed by atoms with Crippen LogP contribution in [0, 0.1) is 0 Å². The third-order valence-corrected chi connectivity index (χ3v) is 11.5. The molecular weight excluding hydrogens is 753 g/mol. The lowest BCUT2D eigenvalue weighted by molar-refractivity contribution is -0.126. The van der Waals surface area contributed by atoms with Crippen LogP contribution in [0.4, 0.5) is 10.5 Å². The summed E-state index contributed by atoms with van der Waals surface area (Å²) in [6, 6.07) is 21.1. The fraction of sp³-hybridized carbons (Fsp3) is 0.385. The Morgan fingerprint density at radius 3 is 2.38 bits per heavy atom. The number of carbonyl (C=O) groups excluding carboxylic acids is 3. The summed E-state index contributed by atoms with van der Waals surface area (Å²) in [6.45, 7) is 11.2. The fourth-order valence-corrected chi connectivity index (χ4v) is 8.04. The Morgan fingerprint density at radius 2 is 1.72 bits per heavy atom. The Hall–Kier alpha value is -3.49. The maximum absolute atomic E-state index is 13.9. The van der Waals surface area contributed by atoms with Gasteiger partial charge in [0, 0.05) is 55.5 Å². The van der Waals surface area contributed by atoms with E-state index >= 15 is 0 Å². The number of thiazole rings is 1. The van der Waals surface area contributed by atoms with Gasteiger partial charge in [-0.15, -0.1) is 11.3 Å². The number of piperidine rings is 1. The first-order chi connectivity index (χ1) is 25.2. The van der Waals surface area contributed by atoms with Gasteiger partial charge in [0.05, 0.1) is 34.1 Å². The molecule has 0 radical (unpaired) electrons. The van der Waals surface area contributed by atoms with Crippen molar-refractivity contribution in [3.05, 3.63) is 99.3 Å². The van der Waals surface area contributed by atoms with E-state index in [0.29, 0.717) is 25.6 Å². The molecule has 0 saturated carbocycles. The molecule has 0 bridgehead atoms. The van der Waals surface area contributed by atoms with E-state index in [2.05, 4.69) is 4.90 Å². The predicted octanol–water partition coefficient (Wildman–Crippen LogP) is 8.84. The number of nitrogens with zero attached hydrogens (tertiary/aromatic N) is 4. The Labute approximate surface area is 329 Å². The predicted molar refractivity (Wildman–Crippen MR) is 213 cm³/mol. The van der Waals surface area contributed by atoms with E-state index in [1.165, 1.54) is 23.3 Å². The van der Waals surface area contributed by atoms with Crippen LogP contribution in [0.5, 0.6) is 0 Å². The lowest BCUT2D eigenvalue weighted by Gasteiger charge is -2.37. The van der Waals surface area contributed by atoms with Gasteiger partial charge in [0.15, 0.2) is 4.34 Å². The second-order valence-electron chi connectivity index (χ2n) is 13.9. The molecule has 1 aliphatic rings. The molecule has 0 aliphatic carbocycles. The summed E-state index contributed by atoms with van der Waals surface area (Å²) in [5.74, 6) is -0.701. The molecule has 3 amide bonds. The minimum absolute atomic E-state index is 0.0403. The van der Waals surface area contributed by atoms with Gasteiger partial charge in [-0.2, -0.15) is 0 Å². The Kier molecular flexibility index (Phi) is 14.0. The number of nitrogens with two attached hydrogens (primary N) is 1. The van der Waals surface area contributed by atoms with Crippen LogP contribution in [0.3, 0.4) is 0 Å². The number of anilines is 1. The van der Waals surface area contributed by atoms with Crippen LogP contribution in [0.15, 0.2) is 82.5 Å². The zero-order chi connectivity index (χ0) is 38.3. The Balaban J connectivity index is 1.28. The molecule has 2 N–H and O–H groups in total. The number of rotatable bonds is 12. The molecule has 2 heterocycles. The van der Waals surface area contributed by atoms with E-state index in [9.17, 15) is 14.4 Å². The number of carbonyl (C=O) groups is 3. The van der Waals surface area contributed by atoms with Crippen LogP contribution in [-0.2, 0) is 32.2 Å². The smallest absolute Gasteiger partial charge is 0.421 e. The number of benzene rings is 3. The summed E-state index contributed by atoms with van der Waals surface area (Å²) < 4.78 is 14.1. The van der Waals surface area contributed by atoms with Crippen LogP contribution in [-0.4, -0.2) is 69.0 Å². The van der Waals surface area contributed by atoms with Gasteiger partial charge in [-0.1, -0.05) is 71.7 Å². The third kappa shape index (κ3) is 11.3. The first-order valence-electron chi connectivity index (χ1n) is 17.4. The number of hydrogen-bond donors (Lipinski definition) is 1. The van der Waals surface area contributed by atoms with E-state index in [0.717, 1.165) is 48.5 Å². The number of ether oxygens (including phenoxy) is 2. The molecule has 1 aliphatic heterocycles. The summed E-state index contributed by atoms with van der Waals surface area (Å²) >= 11 is 15.1. The van der Waals surface area contributed by atoms with Crippen molar-refractivity contribution in [1.82, 2.24) is 14.2 Å². The van der Waals surface area contributed by atoms with Gasteiger partial charge in [-0.05, 0) is 75.9 Å². The number of amides is 3. The highest BCUT2D eigenvalue weighted by atomic mass is 35.5. The fourth-order valence-electron chi connectivity index (χ4n) is 5.81. The molecule has 0 unspecified atom stereocenters. The van der Waals surface area contributed by atoms with E-state index in [4.69, 9.17) is 43.4 Å². The maximum Gasteiger partial charge on any atom is 0.421 e. The SMILES string of the molecule is CC(=O)N(Sc1nc(-c2cccc(N(C(=O)OC(C)(C)C)C(=O)[C@@H](N)[C@@H](C)OCc3ccccc3)c2)cs1)C1CCN(Cc2ccc(Cl)c(Cl)c2)CC1. The summed E-state index contributed by atoms with van der Waals surface area (Å²) in [4.78, 5) is 48.5. The van der Waals surface area contributed by atoms with Crippen LogP contribution in [0.25, 0.3) is 11.3 Å². The largest absolute Gasteiger partial charge is 0.443 e. The quantitative estimate of drug-likeness (QED) is 0.140. The summed E-state index contributed by atoms with van der Waals surface area (Å²) in [7, 11) is 0. The zero-order valence-corrected chi connectivity index (χ0v) is 33.6. The van der Waals surface area contributed by atoms with Crippen LogP contribution < -0.4 is 10.6 Å². The van der Waals surface area contributed by atoms with Crippen molar-refractivity contribution in [2.75, 3.05) is 18.0 Å². The van der Waals surface area contributed by atoms with Gasteiger partial charge in [0.1, 0.15) is 11.6 Å². The van der Waals surface area contributed by atoms with E-state index in [1.54, 1.807) is 52.8 Å². The molecule has 10 nitrogen and oxygen atoms in total.